The van der Waals surface area contributed by atoms with E-state index in [4.69, 9.17) is 0 Å². The molecule has 23 heavy (non-hydrogen) atoms. The zero-order valence-electron chi connectivity index (χ0n) is 13.6. The number of hydrogen-bond donors (Lipinski definition) is 2. The molecule has 0 radical (unpaired) electrons. The first kappa shape index (κ1) is 15.5. The quantitative estimate of drug-likeness (QED) is 0.909. The van der Waals surface area contributed by atoms with Gasteiger partial charge in [0.25, 0.3) is 5.91 Å². The van der Waals surface area contributed by atoms with Gasteiger partial charge in [-0.2, -0.15) is 0 Å². The Balaban J connectivity index is 1.71. The maximum atomic E-state index is 12.5. The lowest BCUT2D eigenvalue weighted by Gasteiger charge is -2.13. The number of carbonyl (C=O) groups is 2. The third-order valence-corrected chi connectivity index (χ3v) is 4.60. The van der Waals surface area contributed by atoms with Crippen LogP contribution in [0.5, 0.6) is 0 Å². The third-order valence-electron chi connectivity index (χ3n) is 4.60. The fourth-order valence-electron chi connectivity index (χ4n) is 3.23. The van der Waals surface area contributed by atoms with Gasteiger partial charge in [0.1, 0.15) is 5.69 Å². The van der Waals surface area contributed by atoms with Crippen LogP contribution in [0.25, 0.3) is 0 Å². The van der Waals surface area contributed by atoms with Gasteiger partial charge in [-0.1, -0.05) is 37.3 Å². The van der Waals surface area contributed by atoms with Gasteiger partial charge in [-0.3, -0.25) is 9.59 Å². The van der Waals surface area contributed by atoms with Crippen molar-refractivity contribution in [3.8, 4) is 0 Å². The summed E-state index contributed by atoms with van der Waals surface area (Å²) in [5.74, 6) is 0.260. The Hall–Kier alpha value is -2.36. The average Bonchev–Trinajstić information content (AvgIpc) is 2.91. The summed E-state index contributed by atoms with van der Waals surface area (Å²) in [4.78, 5) is 27.7. The molecule has 0 aliphatic heterocycles. The molecule has 1 heterocycles. The molecule has 1 aromatic carbocycles. The van der Waals surface area contributed by atoms with Gasteiger partial charge in [0, 0.05) is 24.2 Å². The predicted molar refractivity (Wildman–Crippen MR) is 90.0 cm³/mol. The normalized spacial score (nSPS) is 15.1. The van der Waals surface area contributed by atoms with E-state index in [1.165, 1.54) is 5.56 Å². The molecular formula is C19H22N2O2. The van der Waals surface area contributed by atoms with Crippen LogP contribution in [0.4, 0.5) is 0 Å². The molecule has 1 unspecified atom stereocenters. The Morgan fingerprint density at radius 3 is 2.70 bits per heavy atom. The maximum Gasteiger partial charge on any atom is 0.268 e. The minimum atomic E-state index is -0.132. The molecule has 1 aliphatic rings. The maximum absolute atomic E-state index is 12.5. The van der Waals surface area contributed by atoms with Gasteiger partial charge in [0.15, 0.2) is 5.78 Å². The number of fused-ring (bicyclic) bond motifs is 1. The van der Waals surface area contributed by atoms with Crippen molar-refractivity contribution in [1.82, 2.24) is 10.3 Å². The van der Waals surface area contributed by atoms with Crippen LogP contribution in [0.2, 0.25) is 0 Å². The number of aryl methyl sites for hydroxylation is 1. The van der Waals surface area contributed by atoms with Crippen molar-refractivity contribution in [2.75, 3.05) is 6.54 Å². The second-order valence-electron chi connectivity index (χ2n) is 6.28. The molecule has 2 N–H and O–H groups in total. The van der Waals surface area contributed by atoms with Crippen LogP contribution in [-0.4, -0.2) is 23.2 Å². The van der Waals surface area contributed by atoms with Crippen LogP contribution in [0.1, 0.15) is 63.4 Å². The van der Waals surface area contributed by atoms with E-state index in [9.17, 15) is 9.59 Å². The highest BCUT2D eigenvalue weighted by Gasteiger charge is 2.26. The molecule has 4 nitrogen and oxygen atoms in total. The number of hydrogen-bond acceptors (Lipinski definition) is 2. The predicted octanol–water partition coefficient (Wildman–Crippen LogP) is 3.38. The second kappa shape index (κ2) is 6.41. The van der Waals surface area contributed by atoms with Crippen LogP contribution in [0.3, 0.4) is 0 Å². The SMILES string of the molecule is Cc1c(C(=O)NCC(C)c2ccccc2)[nH]c2c1C(=O)CCC2. The minimum absolute atomic E-state index is 0.132. The lowest BCUT2D eigenvalue weighted by molar-refractivity contribution is 0.0945. The molecule has 0 saturated carbocycles. The van der Waals surface area contributed by atoms with Crippen molar-refractivity contribution in [2.24, 2.45) is 0 Å². The molecule has 0 spiro atoms. The van der Waals surface area contributed by atoms with Gasteiger partial charge in [-0.25, -0.2) is 0 Å². The Morgan fingerprint density at radius 1 is 1.26 bits per heavy atom. The topological polar surface area (TPSA) is 62.0 Å². The highest BCUT2D eigenvalue weighted by Crippen LogP contribution is 2.26. The van der Waals surface area contributed by atoms with Crippen LogP contribution >= 0.6 is 0 Å². The number of aromatic nitrogens is 1. The number of carbonyl (C=O) groups excluding carboxylic acids is 2. The smallest absolute Gasteiger partial charge is 0.268 e. The molecule has 4 heteroatoms. The number of benzene rings is 1. The van der Waals surface area contributed by atoms with Crippen molar-refractivity contribution in [3.05, 3.63) is 58.4 Å². The van der Waals surface area contributed by atoms with Gasteiger partial charge in [0.05, 0.1) is 0 Å². The van der Waals surface area contributed by atoms with E-state index in [-0.39, 0.29) is 17.6 Å². The van der Waals surface area contributed by atoms with Crippen LogP contribution in [-0.2, 0) is 6.42 Å². The number of rotatable bonds is 4. The molecular weight excluding hydrogens is 288 g/mol. The van der Waals surface area contributed by atoms with Crippen LogP contribution in [0.15, 0.2) is 30.3 Å². The molecule has 1 amide bonds. The van der Waals surface area contributed by atoms with Crippen molar-refractivity contribution in [2.45, 2.75) is 39.0 Å². The molecule has 0 saturated heterocycles. The summed E-state index contributed by atoms with van der Waals surface area (Å²) >= 11 is 0. The Morgan fingerprint density at radius 2 is 2.00 bits per heavy atom. The first-order valence-corrected chi connectivity index (χ1v) is 8.15. The number of aromatic amines is 1. The van der Waals surface area contributed by atoms with E-state index >= 15 is 0 Å². The fourth-order valence-corrected chi connectivity index (χ4v) is 3.23. The minimum Gasteiger partial charge on any atom is -0.354 e. The Labute approximate surface area is 136 Å². The molecule has 2 aromatic rings. The zero-order valence-corrected chi connectivity index (χ0v) is 13.6. The Bertz CT molecular complexity index is 731. The summed E-state index contributed by atoms with van der Waals surface area (Å²) in [6.07, 6.45) is 2.28. The molecule has 0 bridgehead atoms. The number of nitrogens with one attached hydrogen (secondary N) is 2. The first-order chi connectivity index (χ1) is 11.1. The molecule has 0 fully saturated rings. The van der Waals surface area contributed by atoms with Gasteiger partial charge in [-0.05, 0) is 36.8 Å². The molecule has 120 valence electrons. The number of amides is 1. The molecule has 1 atom stereocenters. The van der Waals surface area contributed by atoms with Crippen LogP contribution < -0.4 is 5.32 Å². The van der Waals surface area contributed by atoms with E-state index < -0.39 is 0 Å². The third kappa shape index (κ3) is 3.07. The van der Waals surface area contributed by atoms with E-state index in [1.54, 1.807) is 0 Å². The van der Waals surface area contributed by atoms with Crippen molar-refractivity contribution >= 4 is 11.7 Å². The first-order valence-electron chi connectivity index (χ1n) is 8.15. The van der Waals surface area contributed by atoms with E-state index in [0.29, 0.717) is 18.7 Å². The van der Waals surface area contributed by atoms with E-state index in [0.717, 1.165) is 29.7 Å². The highest BCUT2D eigenvalue weighted by atomic mass is 16.2. The zero-order chi connectivity index (χ0) is 16.4. The van der Waals surface area contributed by atoms with Crippen molar-refractivity contribution in [3.63, 3.8) is 0 Å². The number of Topliss-reactive ketones (excluding diaryl/α,β-unsaturated/α-hetero) is 1. The number of ketones is 1. The highest BCUT2D eigenvalue weighted by molar-refractivity contribution is 6.04. The monoisotopic (exact) mass is 310 g/mol. The average molecular weight is 310 g/mol. The van der Waals surface area contributed by atoms with Gasteiger partial charge in [0.2, 0.25) is 0 Å². The standard InChI is InChI=1S/C19H22N2O2/c1-12(14-7-4-3-5-8-14)11-20-19(23)18-13(2)17-15(21-18)9-6-10-16(17)22/h3-5,7-8,12,21H,6,9-11H2,1-2H3,(H,20,23). The summed E-state index contributed by atoms with van der Waals surface area (Å²) in [7, 11) is 0. The number of H-pyrrole nitrogens is 1. The summed E-state index contributed by atoms with van der Waals surface area (Å²) in [6.45, 7) is 4.51. The molecule has 1 aromatic heterocycles. The molecule has 3 rings (SSSR count). The van der Waals surface area contributed by atoms with E-state index in [2.05, 4.69) is 29.4 Å². The Kier molecular flexibility index (Phi) is 4.33. The molecule has 1 aliphatic carbocycles. The summed E-state index contributed by atoms with van der Waals surface area (Å²) in [5, 5.41) is 2.98. The van der Waals surface area contributed by atoms with Gasteiger partial charge >= 0.3 is 0 Å². The second-order valence-corrected chi connectivity index (χ2v) is 6.28. The summed E-state index contributed by atoms with van der Waals surface area (Å²) in [6, 6.07) is 10.1. The van der Waals surface area contributed by atoms with E-state index in [1.807, 2.05) is 25.1 Å². The van der Waals surface area contributed by atoms with Crippen LogP contribution in [0, 0.1) is 6.92 Å². The van der Waals surface area contributed by atoms with Gasteiger partial charge < -0.3 is 10.3 Å². The van der Waals surface area contributed by atoms with Gasteiger partial charge in [-0.15, -0.1) is 0 Å². The lowest BCUT2D eigenvalue weighted by Crippen LogP contribution is -2.28. The summed E-state index contributed by atoms with van der Waals surface area (Å²) < 4.78 is 0. The lowest BCUT2D eigenvalue weighted by atomic mass is 9.94. The largest absolute Gasteiger partial charge is 0.354 e. The fraction of sp³-hybridized carbons (Fsp3) is 0.368. The van der Waals surface area contributed by atoms with Crippen molar-refractivity contribution in [1.29, 1.82) is 0 Å². The van der Waals surface area contributed by atoms with Crippen molar-refractivity contribution < 1.29 is 9.59 Å². The summed E-state index contributed by atoms with van der Waals surface area (Å²) in [5.41, 5.74) is 4.17.